The number of amides is 1. The summed E-state index contributed by atoms with van der Waals surface area (Å²) in [6.07, 6.45) is 0.367. The Morgan fingerprint density at radius 2 is 2.00 bits per heavy atom. The van der Waals surface area contributed by atoms with Crippen LogP contribution in [-0.4, -0.2) is 23.3 Å². The number of nitrogens with one attached hydrogen (secondary N) is 1. The zero-order valence-electron chi connectivity index (χ0n) is 13.5. The third-order valence-corrected chi connectivity index (χ3v) is 4.57. The average molecular weight is 349 g/mol. The Bertz CT molecular complexity index is 843. The molecule has 0 aliphatic carbocycles. The smallest absolute Gasteiger partial charge is 0.251 e. The number of hydrogen-bond donors (Lipinski definition) is 1. The van der Waals surface area contributed by atoms with E-state index in [0.717, 1.165) is 11.3 Å². The summed E-state index contributed by atoms with van der Waals surface area (Å²) >= 11 is 5.71. The molecule has 0 saturated heterocycles. The summed E-state index contributed by atoms with van der Waals surface area (Å²) in [7, 11) is 0. The van der Waals surface area contributed by atoms with Crippen molar-refractivity contribution in [2.75, 3.05) is 17.3 Å². The minimum Gasteiger partial charge on any atom is -0.323 e. The summed E-state index contributed by atoms with van der Waals surface area (Å²) in [6, 6.07) is 7.77. The number of H-pyrrole nitrogens is 1. The zero-order valence-corrected chi connectivity index (χ0v) is 14.3. The molecule has 0 saturated carbocycles. The second kappa shape index (κ2) is 6.06. The topological polar surface area (TPSA) is 53.2 Å². The molecule has 0 bridgehead atoms. The molecule has 1 aromatic carbocycles. The molecule has 1 N–H and O–H groups in total. The number of pyridine rings is 1. The van der Waals surface area contributed by atoms with Gasteiger partial charge in [-0.2, -0.15) is 0 Å². The third kappa shape index (κ3) is 2.96. The van der Waals surface area contributed by atoms with Gasteiger partial charge in [-0.15, -0.1) is 11.6 Å². The van der Waals surface area contributed by atoms with Gasteiger partial charge in [0.05, 0.1) is 5.69 Å². The summed E-state index contributed by atoms with van der Waals surface area (Å²) < 4.78 is 13.0. The zero-order chi connectivity index (χ0) is 17.5. The molecular weight excluding hydrogens is 331 g/mol. The Kier molecular flexibility index (Phi) is 4.22. The Morgan fingerprint density at radius 1 is 1.33 bits per heavy atom. The van der Waals surface area contributed by atoms with E-state index < -0.39 is 0 Å². The fraction of sp³-hybridized carbons (Fsp3) is 0.333. The van der Waals surface area contributed by atoms with Crippen molar-refractivity contribution < 1.29 is 9.18 Å². The highest BCUT2D eigenvalue weighted by Gasteiger charge is 2.39. The number of fused-ring (bicyclic) bond motifs is 1. The first-order valence-corrected chi connectivity index (χ1v) is 8.23. The Hall–Kier alpha value is -2.14. The van der Waals surface area contributed by atoms with Gasteiger partial charge in [-0.05, 0) is 23.8 Å². The second-order valence-electron chi connectivity index (χ2n) is 6.68. The van der Waals surface area contributed by atoms with Gasteiger partial charge in [-0.3, -0.25) is 9.59 Å². The Balaban J connectivity index is 2.03. The van der Waals surface area contributed by atoms with Gasteiger partial charge >= 0.3 is 0 Å². The lowest BCUT2D eigenvalue weighted by molar-refractivity contribution is -0.116. The van der Waals surface area contributed by atoms with Crippen molar-refractivity contribution in [3.63, 3.8) is 0 Å². The van der Waals surface area contributed by atoms with Gasteiger partial charge < -0.3 is 9.88 Å². The van der Waals surface area contributed by atoms with Crippen molar-refractivity contribution >= 4 is 23.2 Å². The van der Waals surface area contributed by atoms with Crippen molar-refractivity contribution in [3.05, 3.63) is 63.3 Å². The molecule has 2 aromatic rings. The standard InChI is InChI=1S/C18H18ClFN2O2/c1-18(2)10-22(15(23)9-19)14-8-12(17(24)21-16(14)18)7-11-3-5-13(20)6-4-11/h3-6,8H,7,9-10H2,1-2H3,(H,21,24). The van der Waals surface area contributed by atoms with E-state index in [4.69, 9.17) is 11.6 Å². The number of benzene rings is 1. The number of aromatic nitrogens is 1. The monoisotopic (exact) mass is 348 g/mol. The molecule has 2 heterocycles. The maximum Gasteiger partial charge on any atom is 0.251 e. The number of halogens is 2. The average Bonchev–Trinajstić information content (AvgIpc) is 2.80. The fourth-order valence-electron chi connectivity index (χ4n) is 3.10. The van der Waals surface area contributed by atoms with Crippen molar-refractivity contribution in [2.45, 2.75) is 25.7 Å². The number of alkyl halides is 1. The van der Waals surface area contributed by atoms with E-state index in [2.05, 4.69) is 4.98 Å². The third-order valence-electron chi connectivity index (χ3n) is 4.34. The van der Waals surface area contributed by atoms with Crippen LogP contribution in [0.4, 0.5) is 10.1 Å². The van der Waals surface area contributed by atoms with Crippen LogP contribution < -0.4 is 10.5 Å². The predicted octanol–water partition coefficient (Wildman–Crippen LogP) is 2.97. The van der Waals surface area contributed by atoms with E-state index in [1.807, 2.05) is 13.8 Å². The lowest BCUT2D eigenvalue weighted by atomic mass is 9.91. The second-order valence-corrected chi connectivity index (χ2v) is 6.95. The molecule has 1 aliphatic heterocycles. The quantitative estimate of drug-likeness (QED) is 0.867. The van der Waals surface area contributed by atoms with Crippen molar-refractivity contribution in [1.29, 1.82) is 0 Å². The molecule has 6 heteroatoms. The molecular formula is C18H18ClFN2O2. The number of carbonyl (C=O) groups excluding carboxylic acids is 1. The van der Waals surface area contributed by atoms with Gasteiger partial charge in [0, 0.05) is 29.6 Å². The van der Waals surface area contributed by atoms with E-state index in [1.165, 1.54) is 12.1 Å². The minimum atomic E-state index is -0.343. The Labute approximate surface area is 144 Å². The van der Waals surface area contributed by atoms with Gasteiger partial charge in [-0.1, -0.05) is 26.0 Å². The number of aromatic amines is 1. The van der Waals surface area contributed by atoms with Crippen LogP contribution in [0.2, 0.25) is 0 Å². The van der Waals surface area contributed by atoms with E-state index in [0.29, 0.717) is 24.2 Å². The Morgan fingerprint density at radius 3 is 2.62 bits per heavy atom. The highest BCUT2D eigenvalue weighted by molar-refractivity contribution is 6.29. The van der Waals surface area contributed by atoms with Crippen LogP contribution in [0.25, 0.3) is 0 Å². The van der Waals surface area contributed by atoms with E-state index in [9.17, 15) is 14.0 Å². The van der Waals surface area contributed by atoms with Crippen molar-refractivity contribution in [2.24, 2.45) is 0 Å². The molecule has 0 radical (unpaired) electrons. The number of carbonyl (C=O) groups is 1. The summed E-state index contributed by atoms with van der Waals surface area (Å²) in [6.45, 7) is 4.43. The molecule has 0 unspecified atom stereocenters. The van der Waals surface area contributed by atoms with Gasteiger partial charge in [0.2, 0.25) is 5.91 Å². The van der Waals surface area contributed by atoms with Gasteiger partial charge in [0.1, 0.15) is 11.7 Å². The van der Waals surface area contributed by atoms with E-state index >= 15 is 0 Å². The molecule has 3 rings (SSSR count). The highest BCUT2D eigenvalue weighted by Crippen LogP contribution is 2.38. The van der Waals surface area contributed by atoms with Crippen molar-refractivity contribution in [3.8, 4) is 0 Å². The maximum absolute atomic E-state index is 13.0. The van der Waals surface area contributed by atoms with Gasteiger partial charge in [-0.25, -0.2) is 4.39 Å². The molecule has 126 valence electrons. The first kappa shape index (κ1) is 16.7. The summed E-state index contributed by atoms with van der Waals surface area (Å²) in [5.41, 5.74) is 2.27. The molecule has 1 amide bonds. The van der Waals surface area contributed by atoms with Crippen LogP contribution in [0, 0.1) is 5.82 Å². The molecule has 0 atom stereocenters. The summed E-state index contributed by atoms with van der Waals surface area (Å²) in [5, 5.41) is 0. The fourth-order valence-corrected chi connectivity index (χ4v) is 3.24. The first-order valence-electron chi connectivity index (χ1n) is 7.69. The molecule has 24 heavy (non-hydrogen) atoms. The van der Waals surface area contributed by atoms with Crippen LogP contribution in [0.3, 0.4) is 0 Å². The molecule has 4 nitrogen and oxygen atoms in total. The minimum absolute atomic E-state index is 0.109. The lowest BCUT2D eigenvalue weighted by Gasteiger charge is -2.19. The molecule has 0 spiro atoms. The van der Waals surface area contributed by atoms with Crippen LogP contribution in [0.5, 0.6) is 0 Å². The lowest BCUT2D eigenvalue weighted by Crippen LogP contribution is -2.34. The van der Waals surface area contributed by atoms with Crippen LogP contribution in [0.15, 0.2) is 35.1 Å². The van der Waals surface area contributed by atoms with Gasteiger partial charge in [0.25, 0.3) is 5.56 Å². The number of nitrogens with zero attached hydrogens (tertiary/aromatic N) is 1. The van der Waals surface area contributed by atoms with Crippen LogP contribution in [-0.2, 0) is 16.6 Å². The number of rotatable bonds is 3. The largest absolute Gasteiger partial charge is 0.323 e. The summed E-state index contributed by atoms with van der Waals surface area (Å²) in [4.78, 5) is 29.1. The molecule has 1 aromatic heterocycles. The van der Waals surface area contributed by atoms with Crippen LogP contribution >= 0.6 is 11.6 Å². The number of hydrogen-bond acceptors (Lipinski definition) is 2. The van der Waals surface area contributed by atoms with Crippen LogP contribution in [0.1, 0.15) is 30.7 Å². The molecule has 1 aliphatic rings. The van der Waals surface area contributed by atoms with Gasteiger partial charge in [0.15, 0.2) is 0 Å². The highest BCUT2D eigenvalue weighted by atomic mass is 35.5. The van der Waals surface area contributed by atoms with E-state index in [1.54, 1.807) is 23.1 Å². The van der Waals surface area contributed by atoms with Crippen molar-refractivity contribution in [1.82, 2.24) is 4.98 Å². The first-order chi connectivity index (χ1) is 11.3. The van der Waals surface area contributed by atoms with E-state index in [-0.39, 0.29) is 28.6 Å². The molecule has 0 fully saturated rings. The normalized spacial score (nSPS) is 15.4. The maximum atomic E-state index is 13.0. The number of anilines is 1. The SMILES string of the molecule is CC1(C)CN(C(=O)CCl)c2cc(Cc3ccc(F)cc3)c(=O)[nH]c21. The summed E-state index contributed by atoms with van der Waals surface area (Å²) in [5.74, 6) is -0.618. The predicted molar refractivity (Wildman–Crippen MR) is 92.4 cm³/mol.